The van der Waals surface area contributed by atoms with Crippen LogP contribution in [0.5, 0.6) is 0 Å². The number of pyridine rings is 1. The van der Waals surface area contributed by atoms with Crippen molar-refractivity contribution in [2.45, 2.75) is 12.6 Å². The van der Waals surface area contributed by atoms with Crippen LogP contribution >= 0.6 is 0 Å². The quantitative estimate of drug-likeness (QED) is 0.852. The van der Waals surface area contributed by atoms with Crippen LogP contribution in [-0.4, -0.2) is 23.5 Å². The molecule has 2 aromatic rings. The number of hydrogen-bond acceptors (Lipinski definition) is 4. The summed E-state index contributed by atoms with van der Waals surface area (Å²) in [5, 5.41) is 0. The summed E-state index contributed by atoms with van der Waals surface area (Å²) in [4.78, 5) is 6.29. The molecule has 2 rings (SSSR count). The average Bonchev–Trinajstić information content (AvgIpc) is 2.84. The molecule has 2 aromatic heterocycles. The Morgan fingerprint density at radius 3 is 2.88 bits per heavy atom. The first-order valence-corrected chi connectivity index (χ1v) is 5.64. The van der Waals surface area contributed by atoms with Gasteiger partial charge in [0.1, 0.15) is 5.76 Å². The Bertz CT molecular complexity index is 427. The summed E-state index contributed by atoms with van der Waals surface area (Å²) in [7, 11) is 2.03. The molecule has 17 heavy (non-hydrogen) atoms. The fraction of sp³-hybridized carbons (Fsp3) is 0.308. The Hall–Kier alpha value is -1.65. The van der Waals surface area contributed by atoms with Crippen molar-refractivity contribution in [2.24, 2.45) is 5.73 Å². The lowest BCUT2D eigenvalue weighted by Crippen LogP contribution is -2.30. The molecule has 0 radical (unpaired) electrons. The molecule has 0 amide bonds. The van der Waals surface area contributed by atoms with E-state index in [2.05, 4.69) is 9.88 Å². The molecular weight excluding hydrogens is 214 g/mol. The minimum atomic E-state index is 0.161. The SMILES string of the molecule is CN(Cc1ccco1)C(CN)c1cccnc1. The van der Waals surface area contributed by atoms with E-state index in [1.807, 2.05) is 37.5 Å². The van der Waals surface area contributed by atoms with Crippen molar-refractivity contribution >= 4 is 0 Å². The standard InChI is InChI=1S/C13H17N3O/c1-16(10-12-5-3-7-17-12)13(8-14)11-4-2-6-15-9-11/h2-7,9,13H,8,10,14H2,1H3. The molecule has 0 fully saturated rings. The number of nitrogens with zero attached hydrogens (tertiary/aromatic N) is 2. The maximum atomic E-state index is 5.83. The molecule has 4 nitrogen and oxygen atoms in total. The van der Waals surface area contributed by atoms with Crippen LogP contribution in [0.1, 0.15) is 17.4 Å². The van der Waals surface area contributed by atoms with Crippen molar-refractivity contribution in [3.63, 3.8) is 0 Å². The van der Waals surface area contributed by atoms with E-state index in [1.165, 1.54) is 0 Å². The maximum Gasteiger partial charge on any atom is 0.117 e. The average molecular weight is 231 g/mol. The predicted molar refractivity (Wildman–Crippen MR) is 66.2 cm³/mol. The molecule has 2 heterocycles. The fourth-order valence-corrected chi connectivity index (χ4v) is 1.90. The Kier molecular flexibility index (Phi) is 3.90. The summed E-state index contributed by atoms with van der Waals surface area (Å²) in [5.41, 5.74) is 6.96. The van der Waals surface area contributed by atoms with Gasteiger partial charge in [0.2, 0.25) is 0 Å². The molecule has 1 unspecified atom stereocenters. The van der Waals surface area contributed by atoms with Crippen molar-refractivity contribution in [1.29, 1.82) is 0 Å². The normalized spacial score (nSPS) is 12.9. The molecule has 1 atom stereocenters. The minimum absolute atomic E-state index is 0.161. The molecule has 4 heteroatoms. The van der Waals surface area contributed by atoms with Crippen LogP contribution in [0.25, 0.3) is 0 Å². The third-order valence-corrected chi connectivity index (χ3v) is 2.81. The molecule has 0 saturated heterocycles. The van der Waals surface area contributed by atoms with Crippen LogP contribution in [0.3, 0.4) is 0 Å². The summed E-state index contributed by atoms with van der Waals surface area (Å²) in [6.07, 6.45) is 5.31. The summed E-state index contributed by atoms with van der Waals surface area (Å²) < 4.78 is 5.34. The van der Waals surface area contributed by atoms with E-state index in [0.717, 1.165) is 17.9 Å². The molecule has 0 aliphatic rings. The molecule has 0 spiro atoms. The molecule has 2 N–H and O–H groups in total. The Morgan fingerprint density at radius 1 is 1.41 bits per heavy atom. The zero-order valence-corrected chi connectivity index (χ0v) is 9.91. The van der Waals surface area contributed by atoms with Gasteiger partial charge in [-0.3, -0.25) is 9.88 Å². The van der Waals surface area contributed by atoms with E-state index in [9.17, 15) is 0 Å². The number of furan rings is 1. The van der Waals surface area contributed by atoms with Gasteiger partial charge >= 0.3 is 0 Å². The van der Waals surface area contributed by atoms with Gasteiger partial charge in [0.15, 0.2) is 0 Å². The van der Waals surface area contributed by atoms with Gasteiger partial charge in [-0.2, -0.15) is 0 Å². The molecule has 0 saturated carbocycles. The third kappa shape index (κ3) is 2.93. The number of hydrogen-bond donors (Lipinski definition) is 1. The zero-order valence-electron chi connectivity index (χ0n) is 9.91. The van der Waals surface area contributed by atoms with E-state index in [-0.39, 0.29) is 6.04 Å². The summed E-state index contributed by atoms with van der Waals surface area (Å²) >= 11 is 0. The maximum absolute atomic E-state index is 5.83. The fourth-order valence-electron chi connectivity index (χ4n) is 1.90. The van der Waals surface area contributed by atoms with Crippen LogP contribution < -0.4 is 5.73 Å². The second kappa shape index (κ2) is 5.61. The van der Waals surface area contributed by atoms with Crippen molar-refractivity contribution < 1.29 is 4.42 Å². The van der Waals surface area contributed by atoms with Gasteiger partial charge in [0.05, 0.1) is 12.8 Å². The molecule has 0 bridgehead atoms. The number of likely N-dealkylation sites (N-methyl/N-ethyl adjacent to an activating group) is 1. The van der Waals surface area contributed by atoms with Gasteiger partial charge in [-0.05, 0) is 30.8 Å². The first kappa shape index (κ1) is 11.8. The molecule has 0 aromatic carbocycles. The van der Waals surface area contributed by atoms with Gasteiger partial charge in [0.25, 0.3) is 0 Å². The van der Waals surface area contributed by atoms with Gasteiger partial charge in [-0.1, -0.05) is 6.07 Å². The summed E-state index contributed by atoms with van der Waals surface area (Å²) in [6.45, 7) is 1.30. The molecular formula is C13H17N3O. The second-order valence-electron chi connectivity index (χ2n) is 4.03. The Balaban J connectivity index is 2.08. The predicted octanol–water partition coefficient (Wildman–Crippen LogP) is 1.81. The van der Waals surface area contributed by atoms with Crippen LogP contribution in [0.15, 0.2) is 47.3 Å². The summed E-state index contributed by atoms with van der Waals surface area (Å²) in [6, 6.07) is 7.99. The van der Waals surface area contributed by atoms with Crippen LogP contribution in [0, 0.1) is 0 Å². The lowest BCUT2D eigenvalue weighted by atomic mass is 10.1. The van der Waals surface area contributed by atoms with Gasteiger partial charge < -0.3 is 10.2 Å². The highest BCUT2D eigenvalue weighted by Crippen LogP contribution is 2.19. The first-order valence-electron chi connectivity index (χ1n) is 5.64. The van der Waals surface area contributed by atoms with E-state index in [4.69, 9.17) is 10.2 Å². The van der Waals surface area contributed by atoms with Crippen LogP contribution in [0.2, 0.25) is 0 Å². The van der Waals surface area contributed by atoms with Crippen molar-refractivity contribution in [3.05, 3.63) is 54.2 Å². The highest BCUT2D eigenvalue weighted by Gasteiger charge is 2.16. The van der Waals surface area contributed by atoms with Gasteiger partial charge in [0, 0.05) is 25.0 Å². The van der Waals surface area contributed by atoms with Crippen molar-refractivity contribution in [2.75, 3.05) is 13.6 Å². The zero-order chi connectivity index (χ0) is 12.1. The van der Waals surface area contributed by atoms with E-state index in [1.54, 1.807) is 12.5 Å². The second-order valence-corrected chi connectivity index (χ2v) is 4.03. The highest BCUT2D eigenvalue weighted by atomic mass is 16.3. The largest absolute Gasteiger partial charge is 0.468 e. The topological polar surface area (TPSA) is 55.3 Å². The smallest absolute Gasteiger partial charge is 0.117 e. The van der Waals surface area contributed by atoms with Crippen molar-refractivity contribution in [1.82, 2.24) is 9.88 Å². The third-order valence-electron chi connectivity index (χ3n) is 2.81. The van der Waals surface area contributed by atoms with Crippen molar-refractivity contribution in [3.8, 4) is 0 Å². The Labute approximate surface area is 101 Å². The summed E-state index contributed by atoms with van der Waals surface area (Å²) in [5.74, 6) is 0.940. The lowest BCUT2D eigenvalue weighted by Gasteiger charge is -2.26. The number of rotatable bonds is 5. The van der Waals surface area contributed by atoms with E-state index >= 15 is 0 Å². The Morgan fingerprint density at radius 2 is 2.29 bits per heavy atom. The van der Waals surface area contributed by atoms with Crippen LogP contribution in [0.4, 0.5) is 0 Å². The first-order chi connectivity index (χ1) is 8.31. The van der Waals surface area contributed by atoms with E-state index < -0.39 is 0 Å². The van der Waals surface area contributed by atoms with Gasteiger partial charge in [-0.15, -0.1) is 0 Å². The van der Waals surface area contributed by atoms with Gasteiger partial charge in [-0.25, -0.2) is 0 Å². The van der Waals surface area contributed by atoms with Crippen LogP contribution in [-0.2, 0) is 6.54 Å². The monoisotopic (exact) mass is 231 g/mol. The number of aromatic nitrogens is 1. The molecule has 90 valence electrons. The minimum Gasteiger partial charge on any atom is -0.468 e. The lowest BCUT2D eigenvalue weighted by molar-refractivity contribution is 0.222. The molecule has 0 aliphatic heterocycles. The number of nitrogens with two attached hydrogens (primary N) is 1. The molecule has 0 aliphatic carbocycles. The highest BCUT2D eigenvalue weighted by molar-refractivity contribution is 5.14. The van der Waals surface area contributed by atoms with E-state index in [0.29, 0.717) is 6.54 Å².